The highest BCUT2D eigenvalue weighted by Gasteiger charge is 2.20. The third kappa shape index (κ3) is 2.46. The lowest BCUT2D eigenvalue weighted by Gasteiger charge is -2.06. The first-order valence-corrected chi connectivity index (χ1v) is 6.29. The van der Waals surface area contributed by atoms with Gasteiger partial charge in [0.25, 0.3) is 5.91 Å². The molecule has 0 aliphatic rings. The van der Waals surface area contributed by atoms with Gasteiger partial charge in [-0.2, -0.15) is 5.10 Å². The number of carbonyl (C=O) groups is 1. The van der Waals surface area contributed by atoms with Crippen molar-refractivity contribution in [2.45, 2.75) is 6.92 Å². The third-order valence-corrected chi connectivity index (χ3v) is 2.95. The molecule has 1 amide bonds. The maximum atomic E-state index is 13.6. The Balaban J connectivity index is 1.91. The minimum Gasteiger partial charge on any atom is -0.361 e. The number of carbonyl (C=O) groups excluding carboxylic acids is 1. The summed E-state index contributed by atoms with van der Waals surface area (Å²) in [6.45, 7) is 1.70. The first-order valence-electron chi connectivity index (χ1n) is 6.29. The highest BCUT2D eigenvalue weighted by molar-refractivity contribution is 6.06. The second kappa shape index (κ2) is 5.40. The summed E-state index contributed by atoms with van der Waals surface area (Å²) in [5, 5.41) is 12.7. The van der Waals surface area contributed by atoms with Gasteiger partial charge in [-0.3, -0.25) is 9.89 Å². The molecule has 0 saturated heterocycles. The van der Waals surface area contributed by atoms with Gasteiger partial charge in [-0.25, -0.2) is 8.78 Å². The van der Waals surface area contributed by atoms with Crippen molar-refractivity contribution in [1.29, 1.82) is 0 Å². The van der Waals surface area contributed by atoms with Crippen LogP contribution < -0.4 is 5.32 Å². The molecule has 6 nitrogen and oxygen atoms in total. The van der Waals surface area contributed by atoms with Crippen molar-refractivity contribution in [3.05, 3.63) is 53.4 Å². The van der Waals surface area contributed by atoms with Crippen LogP contribution in [0.1, 0.15) is 16.1 Å². The number of nitrogens with zero attached hydrogens (tertiary/aromatic N) is 2. The van der Waals surface area contributed by atoms with Crippen LogP contribution in [-0.2, 0) is 0 Å². The Morgan fingerprint density at radius 3 is 2.68 bits per heavy atom. The minimum absolute atomic E-state index is 0.237. The largest absolute Gasteiger partial charge is 0.361 e. The van der Waals surface area contributed by atoms with Crippen LogP contribution in [-0.4, -0.2) is 21.3 Å². The fourth-order valence-corrected chi connectivity index (χ4v) is 1.96. The maximum Gasteiger partial charge on any atom is 0.261 e. The average molecular weight is 304 g/mol. The molecule has 0 spiro atoms. The summed E-state index contributed by atoms with van der Waals surface area (Å²) in [5.74, 6) is -2.24. The van der Waals surface area contributed by atoms with Crippen molar-refractivity contribution >= 4 is 11.6 Å². The fraction of sp³-hybridized carbons (Fsp3) is 0.0714. The van der Waals surface area contributed by atoms with E-state index in [-0.39, 0.29) is 5.69 Å². The molecule has 0 fully saturated rings. The van der Waals surface area contributed by atoms with Crippen LogP contribution in [0, 0.1) is 18.6 Å². The average Bonchev–Trinajstić information content (AvgIpc) is 3.07. The van der Waals surface area contributed by atoms with Gasteiger partial charge < -0.3 is 9.84 Å². The molecule has 1 aromatic carbocycles. The molecule has 8 heteroatoms. The number of hydrogen-bond donors (Lipinski definition) is 2. The predicted octanol–water partition coefficient (Wildman–Crippen LogP) is 2.90. The van der Waals surface area contributed by atoms with Crippen molar-refractivity contribution < 1.29 is 18.1 Å². The molecule has 112 valence electrons. The zero-order valence-corrected chi connectivity index (χ0v) is 11.4. The Kier molecular flexibility index (Phi) is 3.42. The normalized spacial score (nSPS) is 10.7. The van der Waals surface area contributed by atoms with Gasteiger partial charge in [0.2, 0.25) is 0 Å². The molecule has 2 heterocycles. The van der Waals surface area contributed by atoms with E-state index in [4.69, 9.17) is 4.52 Å². The molecule has 0 atom stereocenters. The van der Waals surface area contributed by atoms with E-state index in [0.29, 0.717) is 17.1 Å². The lowest BCUT2D eigenvalue weighted by Crippen LogP contribution is -2.16. The molecule has 2 aromatic heterocycles. The number of H-pyrrole nitrogens is 1. The topological polar surface area (TPSA) is 83.8 Å². The second-order valence-electron chi connectivity index (χ2n) is 4.52. The van der Waals surface area contributed by atoms with E-state index in [0.717, 1.165) is 12.1 Å². The van der Waals surface area contributed by atoms with Gasteiger partial charge in [0, 0.05) is 12.3 Å². The number of rotatable bonds is 3. The molecular formula is C14H10F2N4O2. The number of nitrogens with one attached hydrogen (secondary N) is 2. The Labute approximate surface area is 123 Å². The summed E-state index contributed by atoms with van der Waals surface area (Å²) in [5.41, 5.74) is 0.275. The number of aryl methyl sites for hydroxylation is 1. The van der Waals surface area contributed by atoms with Crippen molar-refractivity contribution in [3.8, 4) is 11.4 Å². The molecule has 3 aromatic rings. The molecule has 0 saturated carbocycles. The third-order valence-electron chi connectivity index (χ3n) is 2.95. The van der Waals surface area contributed by atoms with Crippen molar-refractivity contribution in [1.82, 2.24) is 15.4 Å². The molecule has 2 N–H and O–H groups in total. The van der Waals surface area contributed by atoms with Gasteiger partial charge in [-0.1, -0.05) is 11.2 Å². The summed E-state index contributed by atoms with van der Waals surface area (Å²) < 4.78 is 32.1. The molecule has 0 aliphatic carbocycles. The van der Waals surface area contributed by atoms with Gasteiger partial charge in [-0.15, -0.1) is 0 Å². The molecule has 0 unspecified atom stereocenters. The number of amides is 1. The van der Waals surface area contributed by atoms with Crippen LogP contribution in [0.2, 0.25) is 0 Å². The van der Waals surface area contributed by atoms with Crippen LogP contribution in [0.5, 0.6) is 0 Å². The van der Waals surface area contributed by atoms with Gasteiger partial charge in [0.05, 0.1) is 5.69 Å². The maximum absolute atomic E-state index is 13.6. The first kappa shape index (κ1) is 13.9. The van der Waals surface area contributed by atoms with E-state index >= 15 is 0 Å². The van der Waals surface area contributed by atoms with E-state index < -0.39 is 23.1 Å². The molecule has 3 rings (SSSR count). The number of hydrogen-bond acceptors (Lipinski definition) is 4. The number of anilines is 1. The summed E-state index contributed by atoms with van der Waals surface area (Å²) in [6, 6.07) is 4.82. The monoisotopic (exact) mass is 304 g/mol. The Morgan fingerprint density at radius 2 is 2.05 bits per heavy atom. The molecular weight excluding hydrogens is 294 g/mol. The van der Waals surface area contributed by atoms with Crippen LogP contribution in [0.15, 0.2) is 35.0 Å². The summed E-state index contributed by atoms with van der Waals surface area (Å²) >= 11 is 0. The van der Waals surface area contributed by atoms with E-state index in [1.807, 2.05) is 0 Å². The minimum atomic E-state index is -0.945. The zero-order chi connectivity index (χ0) is 15.7. The van der Waals surface area contributed by atoms with Crippen LogP contribution in [0.4, 0.5) is 14.5 Å². The van der Waals surface area contributed by atoms with Gasteiger partial charge in [0.1, 0.15) is 34.3 Å². The number of aromatic nitrogens is 3. The Bertz CT molecular complexity index is 821. The SMILES string of the molecule is Cc1cc(-c2n[nH]cc2NC(=O)c2c(F)cccc2F)no1. The molecule has 0 radical (unpaired) electrons. The smallest absolute Gasteiger partial charge is 0.261 e. The van der Waals surface area contributed by atoms with Crippen molar-refractivity contribution in [3.63, 3.8) is 0 Å². The van der Waals surface area contributed by atoms with E-state index in [9.17, 15) is 13.6 Å². The number of halogens is 2. The van der Waals surface area contributed by atoms with Gasteiger partial charge >= 0.3 is 0 Å². The van der Waals surface area contributed by atoms with Gasteiger partial charge in [0.15, 0.2) is 0 Å². The van der Waals surface area contributed by atoms with E-state index in [1.165, 1.54) is 12.3 Å². The zero-order valence-electron chi connectivity index (χ0n) is 11.4. The highest BCUT2D eigenvalue weighted by Crippen LogP contribution is 2.25. The summed E-state index contributed by atoms with van der Waals surface area (Å²) in [4.78, 5) is 12.1. The van der Waals surface area contributed by atoms with E-state index in [1.54, 1.807) is 13.0 Å². The fourth-order valence-electron chi connectivity index (χ4n) is 1.96. The first-order chi connectivity index (χ1) is 10.6. The molecule has 22 heavy (non-hydrogen) atoms. The van der Waals surface area contributed by atoms with Crippen LogP contribution >= 0.6 is 0 Å². The highest BCUT2D eigenvalue weighted by atomic mass is 19.1. The molecule has 0 aliphatic heterocycles. The van der Waals surface area contributed by atoms with E-state index in [2.05, 4.69) is 20.7 Å². The quantitative estimate of drug-likeness (QED) is 0.779. The lowest BCUT2D eigenvalue weighted by atomic mass is 10.1. The number of aromatic amines is 1. The van der Waals surface area contributed by atoms with Crippen LogP contribution in [0.25, 0.3) is 11.4 Å². The predicted molar refractivity (Wildman–Crippen MR) is 73.1 cm³/mol. The molecule has 0 bridgehead atoms. The van der Waals surface area contributed by atoms with Crippen molar-refractivity contribution in [2.24, 2.45) is 0 Å². The second-order valence-corrected chi connectivity index (χ2v) is 4.52. The summed E-state index contributed by atoms with van der Waals surface area (Å²) in [6.07, 6.45) is 1.38. The Morgan fingerprint density at radius 1 is 1.32 bits per heavy atom. The van der Waals surface area contributed by atoms with Gasteiger partial charge in [-0.05, 0) is 19.1 Å². The Hall–Kier alpha value is -3.03. The van der Waals surface area contributed by atoms with Crippen molar-refractivity contribution in [2.75, 3.05) is 5.32 Å². The summed E-state index contributed by atoms with van der Waals surface area (Å²) in [7, 11) is 0. The standard InChI is InChI=1S/C14H10F2N4O2/c1-7-5-10(20-22-7)13-11(6-17-19-13)18-14(21)12-8(15)3-2-4-9(12)16/h2-6H,1H3,(H,17,19)(H,18,21). The lowest BCUT2D eigenvalue weighted by molar-refractivity contribution is 0.101. The van der Waals surface area contributed by atoms with Crippen LogP contribution in [0.3, 0.4) is 0 Å². The number of benzene rings is 1.